The van der Waals surface area contributed by atoms with Gasteiger partial charge in [-0.25, -0.2) is 0 Å². The zero-order chi connectivity index (χ0) is 21.1. The molecule has 0 aliphatic heterocycles. The number of nitrogens with zero attached hydrogens (tertiary/aromatic N) is 2. The number of carbonyl (C=O) groups is 1. The van der Waals surface area contributed by atoms with Crippen LogP contribution >= 0.6 is 0 Å². The molecular formula is C26H23N3O2. The summed E-state index contributed by atoms with van der Waals surface area (Å²) in [5.41, 5.74) is 2.85. The quantitative estimate of drug-likeness (QED) is 0.449. The van der Waals surface area contributed by atoms with Gasteiger partial charge in [0.2, 0.25) is 11.7 Å². The molecule has 154 valence electrons. The fraction of sp³-hybridized carbons (Fsp3) is 0.192. The first-order chi connectivity index (χ1) is 15.3. The summed E-state index contributed by atoms with van der Waals surface area (Å²) in [6, 6.07) is 27.4. The van der Waals surface area contributed by atoms with E-state index in [1.165, 1.54) is 0 Å². The predicted octanol–water partition coefficient (Wildman–Crippen LogP) is 5.85. The van der Waals surface area contributed by atoms with E-state index in [-0.39, 0.29) is 5.91 Å². The topological polar surface area (TPSA) is 68.0 Å². The number of nitrogens with one attached hydrogen (secondary N) is 1. The maximum Gasteiger partial charge on any atom is 0.260 e. The van der Waals surface area contributed by atoms with Crippen LogP contribution < -0.4 is 5.32 Å². The normalized spacial score (nSPS) is 15.0. The Hall–Kier alpha value is -3.73. The van der Waals surface area contributed by atoms with E-state index in [4.69, 9.17) is 4.52 Å². The van der Waals surface area contributed by atoms with Gasteiger partial charge in [0.25, 0.3) is 5.89 Å². The Balaban J connectivity index is 1.46. The van der Waals surface area contributed by atoms with E-state index >= 15 is 0 Å². The molecule has 1 fully saturated rings. The Morgan fingerprint density at radius 2 is 1.48 bits per heavy atom. The van der Waals surface area contributed by atoms with Crippen LogP contribution in [0.5, 0.6) is 0 Å². The van der Waals surface area contributed by atoms with Gasteiger partial charge in [-0.2, -0.15) is 4.98 Å². The van der Waals surface area contributed by atoms with Gasteiger partial charge in [0, 0.05) is 5.56 Å². The van der Waals surface area contributed by atoms with Crippen molar-refractivity contribution in [3.8, 4) is 22.8 Å². The van der Waals surface area contributed by atoms with Gasteiger partial charge in [0.1, 0.15) is 0 Å². The molecule has 1 amide bonds. The van der Waals surface area contributed by atoms with Crippen molar-refractivity contribution in [2.45, 2.75) is 31.1 Å². The SMILES string of the molecule is O=C(Nc1ccccc1-c1nc(-c2ccccc2)no1)C1(c2ccccc2)CCCC1. The molecule has 0 spiro atoms. The van der Waals surface area contributed by atoms with Gasteiger partial charge in [-0.3, -0.25) is 4.79 Å². The summed E-state index contributed by atoms with van der Waals surface area (Å²) < 4.78 is 5.55. The molecule has 5 nitrogen and oxygen atoms in total. The second-order valence-electron chi connectivity index (χ2n) is 7.94. The van der Waals surface area contributed by atoms with Crippen molar-refractivity contribution >= 4 is 11.6 Å². The maximum atomic E-state index is 13.6. The number of carbonyl (C=O) groups excluding carboxylic acids is 1. The van der Waals surface area contributed by atoms with E-state index in [0.29, 0.717) is 23.0 Å². The lowest BCUT2D eigenvalue weighted by atomic mass is 9.78. The third-order valence-corrected chi connectivity index (χ3v) is 6.08. The van der Waals surface area contributed by atoms with Gasteiger partial charge in [0.15, 0.2) is 0 Å². The standard InChI is InChI=1S/C26H23N3O2/c30-25(26(17-9-10-18-26)20-13-5-2-6-14-20)27-22-16-8-7-15-21(22)24-28-23(29-31-24)19-11-3-1-4-12-19/h1-8,11-16H,9-10,17-18H2,(H,27,30). The van der Waals surface area contributed by atoms with Crippen LogP contribution in [0.4, 0.5) is 5.69 Å². The molecule has 1 saturated carbocycles. The molecule has 5 heteroatoms. The molecule has 0 radical (unpaired) electrons. The largest absolute Gasteiger partial charge is 0.334 e. The number of amides is 1. The number of hydrogen-bond acceptors (Lipinski definition) is 4. The summed E-state index contributed by atoms with van der Waals surface area (Å²) in [6.45, 7) is 0. The molecular weight excluding hydrogens is 386 g/mol. The van der Waals surface area contributed by atoms with Crippen LogP contribution in [0.25, 0.3) is 22.8 Å². The van der Waals surface area contributed by atoms with Gasteiger partial charge in [-0.05, 0) is 30.5 Å². The van der Waals surface area contributed by atoms with Crippen LogP contribution in [-0.4, -0.2) is 16.0 Å². The fourth-order valence-electron chi connectivity index (χ4n) is 4.44. The Kier molecular flexibility index (Phi) is 5.08. The zero-order valence-electron chi connectivity index (χ0n) is 17.1. The van der Waals surface area contributed by atoms with Crippen molar-refractivity contribution in [1.82, 2.24) is 10.1 Å². The van der Waals surface area contributed by atoms with Crippen LogP contribution in [0.2, 0.25) is 0 Å². The van der Waals surface area contributed by atoms with Crippen LogP contribution in [0.3, 0.4) is 0 Å². The summed E-state index contributed by atoms with van der Waals surface area (Å²) >= 11 is 0. The van der Waals surface area contributed by atoms with E-state index in [1.807, 2.05) is 72.8 Å². The van der Waals surface area contributed by atoms with Gasteiger partial charge in [-0.15, -0.1) is 0 Å². The van der Waals surface area contributed by atoms with Gasteiger partial charge in [-0.1, -0.05) is 90.8 Å². The molecule has 1 N–H and O–H groups in total. The smallest absolute Gasteiger partial charge is 0.260 e. The van der Waals surface area contributed by atoms with Gasteiger partial charge in [0.05, 0.1) is 16.7 Å². The van der Waals surface area contributed by atoms with Gasteiger partial charge >= 0.3 is 0 Å². The molecule has 1 aromatic heterocycles. The van der Waals surface area contributed by atoms with Gasteiger partial charge < -0.3 is 9.84 Å². The Morgan fingerprint density at radius 1 is 0.839 bits per heavy atom. The molecule has 1 aliphatic rings. The number of rotatable bonds is 5. The summed E-state index contributed by atoms with van der Waals surface area (Å²) in [4.78, 5) is 18.1. The maximum absolute atomic E-state index is 13.6. The molecule has 31 heavy (non-hydrogen) atoms. The first-order valence-electron chi connectivity index (χ1n) is 10.6. The minimum atomic E-state index is -0.502. The zero-order valence-corrected chi connectivity index (χ0v) is 17.1. The second kappa shape index (κ2) is 8.19. The summed E-state index contributed by atoms with van der Waals surface area (Å²) in [6.07, 6.45) is 3.80. The summed E-state index contributed by atoms with van der Waals surface area (Å²) in [5.74, 6) is 0.926. The summed E-state index contributed by atoms with van der Waals surface area (Å²) in [5, 5.41) is 7.30. The highest BCUT2D eigenvalue weighted by molar-refractivity contribution is 6.01. The van der Waals surface area contributed by atoms with Crippen molar-refractivity contribution < 1.29 is 9.32 Å². The minimum absolute atomic E-state index is 0.0199. The fourth-order valence-corrected chi connectivity index (χ4v) is 4.44. The molecule has 0 atom stereocenters. The van der Waals surface area contributed by atoms with Crippen molar-refractivity contribution in [3.63, 3.8) is 0 Å². The minimum Gasteiger partial charge on any atom is -0.334 e. The van der Waals surface area contributed by atoms with Crippen molar-refractivity contribution in [2.24, 2.45) is 0 Å². The highest BCUT2D eigenvalue weighted by Gasteiger charge is 2.42. The van der Waals surface area contributed by atoms with E-state index in [0.717, 1.165) is 36.8 Å². The first kappa shape index (κ1) is 19.2. The third kappa shape index (κ3) is 3.63. The molecule has 3 aromatic carbocycles. The van der Waals surface area contributed by atoms with E-state index in [9.17, 15) is 4.79 Å². The predicted molar refractivity (Wildman–Crippen MR) is 120 cm³/mol. The number of anilines is 1. The molecule has 0 saturated heterocycles. The molecule has 5 rings (SSSR count). The lowest BCUT2D eigenvalue weighted by molar-refractivity contribution is -0.121. The van der Waals surface area contributed by atoms with Crippen LogP contribution in [-0.2, 0) is 10.2 Å². The van der Waals surface area contributed by atoms with Crippen molar-refractivity contribution in [1.29, 1.82) is 0 Å². The van der Waals surface area contributed by atoms with Crippen molar-refractivity contribution in [2.75, 3.05) is 5.32 Å². The van der Waals surface area contributed by atoms with E-state index in [2.05, 4.69) is 27.6 Å². The molecule has 0 bridgehead atoms. The molecule has 1 heterocycles. The average molecular weight is 409 g/mol. The second-order valence-corrected chi connectivity index (χ2v) is 7.94. The first-order valence-corrected chi connectivity index (χ1v) is 10.6. The van der Waals surface area contributed by atoms with E-state index in [1.54, 1.807) is 0 Å². The average Bonchev–Trinajstić information content (AvgIpc) is 3.52. The lowest BCUT2D eigenvalue weighted by Crippen LogP contribution is -2.38. The number of aromatic nitrogens is 2. The Morgan fingerprint density at radius 3 is 2.23 bits per heavy atom. The van der Waals surface area contributed by atoms with E-state index < -0.39 is 5.41 Å². The molecule has 1 aliphatic carbocycles. The summed E-state index contributed by atoms with van der Waals surface area (Å²) in [7, 11) is 0. The van der Waals surface area contributed by atoms with Crippen LogP contribution in [0, 0.1) is 0 Å². The molecule has 4 aromatic rings. The highest BCUT2D eigenvalue weighted by atomic mass is 16.5. The highest BCUT2D eigenvalue weighted by Crippen LogP contribution is 2.42. The number of benzene rings is 3. The number of para-hydroxylation sites is 1. The molecule has 0 unspecified atom stereocenters. The number of hydrogen-bond donors (Lipinski definition) is 1. The van der Waals surface area contributed by atoms with Crippen LogP contribution in [0.1, 0.15) is 31.2 Å². The van der Waals surface area contributed by atoms with Crippen LogP contribution in [0.15, 0.2) is 89.5 Å². The third-order valence-electron chi connectivity index (χ3n) is 6.08. The monoisotopic (exact) mass is 409 g/mol. The Bertz CT molecular complexity index is 1180. The lowest BCUT2D eigenvalue weighted by Gasteiger charge is -2.28. The van der Waals surface area contributed by atoms with Crippen molar-refractivity contribution in [3.05, 3.63) is 90.5 Å². The Labute approximate surface area is 181 Å².